The smallest absolute Gasteiger partial charge is 0.229 e. The predicted octanol–water partition coefficient (Wildman–Crippen LogP) is 2.97. The van der Waals surface area contributed by atoms with E-state index in [1.807, 2.05) is 48.5 Å². The molecule has 0 radical (unpaired) electrons. The van der Waals surface area contributed by atoms with E-state index in [0.29, 0.717) is 0 Å². The van der Waals surface area contributed by atoms with Crippen molar-refractivity contribution in [3.8, 4) is 0 Å². The molecule has 1 aliphatic heterocycles. The van der Waals surface area contributed by atoms with E-state index in [-0.39, 0.29) is 17.7 Å². The summed E-state index contributed by atoms with van der Waals surface area (Å²) in [6.07, 6.45) is 0. The zero-order chi connectivity index (χ0) is 14.7. The van der Waals surface area contributed by atoms with Gasteiger partial charge in [-0.2, -0.15) is 0 Å². The summed E-state index contributed by atoms with van der Waals surface area (Å²) >= 11 is 0. The van der Waals surface area contributed by atoms with E-state index in [1.165, 1.54) is 5.56 Å². The van der Waals surface area contributed by atoms with Crippen LogP contribution >= 0.6 is 0 Å². The number of hydrogen-bond acceptors (Lipinski definition) is 2. The number of anilines is 1. The van der Waals surface area contributed by atoms with Gasteiger partial charge in [0.1, 0.15) is 0 Å². The first-order valence-electron chi connectivity index (χ1n) is 7.33. The minimum Gasteiger partial charge on any atom is -0.326 e. The molecule has 1 saturated heterocycles. The average molecular weight is 280 g/mol. The van der Waals surface area contributed by atoms with Crippen molar-refractivity contribution >= 4 is 11.6 Å². The number of likely N-dealkylation sites (N-methyl/N-ethyl adjacent to an activating group) is 1. The molecule has 21 heavy (non-hydrogen) atoms. The Hall–Kier alpha value is -2.13. The van der Waals surface area contributed by atoms with Gasteiger partial charge in [-0.05, 0) is 24.7 Å². The molecule has 0 aromatic heterocycles. The summed E-state index contributed by atoms with van der Waals surface area (Å²) < 4.78 is 0. The van der Waals surface area contributed by atoms with Gasteiger partial charge in [0.25, 0.3) is 0 Å². The SMILES string of the molecule is CN1C[C@H](c2ccccc2)[C@H](C(=O)Nc2ccccc2)C1. The highest BCUT2D eigenvalue weighted by atomic mass is 16.2. The van der Waals surface area contributed by atoms with Crippen LogP contribution in [0, 0.1) is 5.92 Å². The molecule has 2 atom stereocenters. The van der Waals surface area contributed by atoms with Crippen molar-refractivity contribution in [2.45, 2.75) is 5.92 Å². The highest BCUT2D eigenvalue weighted by Gasteiger charge is 2.36. The molecular weight excluding hydrogens is 260 g/mol. The Bertz CT molecular complexity index is 597. The summed E-state index contributed by atoms with van der Waals surface area (Å²) in [6.45, 7) is 1.73. The normalized spacial score (nSPS) is 22.1. The van der Waals surface area contributed by atoms with Crippen LogP contribution in [0.3, 0.4) is 0 Å². The number of carbonyl (C=O) groups excluding carboxylic acids is 1. The van der Waals surface area contributed by atoms with Crippen molar-refractivity contribution in [2.24, 2.45) is 5.92 Å². The van der Waals surface area contributed by atoms with Gasteiger partial charge in [-0.15, -0.1) is 0 Å². The van der Waals surface area contributed by atoms with Gasteiger partial charge in [0.15, 0.2) is 0 Å². The molecule has 1 heterocycles. The monoisotopic (exact) mass is 280 g/mol. The van der Waals surface area contributed by atoms with E-state index in [9.17, 15) is 4.79 Å². The lowest BCUT2D eigenvalue weighted by atomic mass is 9.88. The molecule has 0 bridgehead atoms. The van der Waals surface area contributed by atoms with Crippen molar-refractivity contribution < 1.29 is 4.79 Å². The maximum absolute atomic E-state index is 12.6. The Morgan fingerprint density at radius 2 is 1.62 bits per heavy atom. The first kappa shape index (κ1) is 13.8. The van der Waals surface area contributed by atoms with Gasteiger partial charge in [0.05, 0.1) is 5.92 Å². The number of carbonyl (C=O) groups is 1. The fourth-order valence-corrected chi connectivity index (χ4v) is 3.06. The van der Waals surface area contributed by atoms with Crippen LogP contribution < -0.4 is 5.32 Å². The Kier molecular flexibility index (Phi) is 4.02. The lowest BCUT2D eigenvalue weighted by Gasteiger charge is -2.18. The van der Waals surface area contributed by atoms with E-state index in [2.05, 4.69) is 29.4 Å². The van der Waals surface area contributed by atoms with E-state index in [0.717, 1.165) is 18.8 Å². The zero-order valence-electron chi connectivity index (χ0n) is 12.2. The van der Waals surface area contributed by atoms with Crippen LogP contribution in [0.2, 0.25) is 0 Å². The molecule has 1 fully saturated rings. The van der Waals surface area contributed by atoms with Crippen LogP contribution in [0.1, 0.15) is 11.5 Å². The third-order valence-electron chi connectivity index (χ3n) is 4.11. The van der Waals surface area contributed by atoms with Gasteiger partial charge < -0.3 is 10.2 Å². The molecule has 108 valence electrons. The molecule has 3 heteroatoms. The van der Waals surface area contributed by atoms with Crippen molar-refractivity contribution in [1.82, 2.24) is 4.90 Å². The lowest BCUT2D eigenvalue weighted by molar-refractivity contribution is -0.119. The van der Waals surface area contributed by atoms with E-state index in [1.54, 1.807) is 0 Å². The molecule has 2 aromatic carbocycles. The number of nitrogens with zero attached hydrogens (tertiary/aromatic N) is 1. The molecule has 1 amide bonds. The van der Waals surface area contributed by atoms with Gasteiger partial charge in [-0.25, -0.2) is 0 Å². The number of likely N-dealkylation sites (tertiary alicyclic amines) is 1. The summed E-state index contributed by atoms with van der Waals surface area (Å²) in [5, 5.41) is 3.04. The second kappa shape index (κ2) is 6.10. The Labute approximate surface area is 125 Å². The maximum atomic E-state index is 12.6. The summed E-state index contributed by atoms with van der Waals surface area (Å²) in [6, 6.07) is 20.0. The van der Waals surface area contributed by atoms with Crippen molar-refractivity contribution in [1.29, 1.82) is 0 Å². The van der Waals surface area contributed by atoms with Crippen molar-refractivity contribution in [3.05, 3.63) is 66.2 Å². The molecule has 2 aromatic rings. The summed E-state index contributed by atoms with van der Waals surface area (Å²) in [5.41, 5.74) is 2.11. The zero-order valence-corrected chi connectivity index (χ0v) is 12.2. The van der Waals surface area contributed by atoms with Crippen LogP contribution in [0.25, 0.3) is 0 Å². The summed E-state index contributed by atoms with van der Waals surface area (Å²) in [5.74, 6) is 0.372. The van der Waals surface area contributed by atoms with Gasteiger partial charge in [-0.1, -0.05) is 48.5 Å². The van der Waals surface area contributed by atoms with E-state index >= 15 is 0 Å². The van der Waals surface area contributed by atoms with Crippen LogP contribution in [-0.4, -0.2) is 30.9 Å². The fraction of sp³-hybridized carbons (Fsp3) is 0.278. The fourth-order valence-electron chi connectivity index (χ4n) is 3.06. The quantitative estimate of drug-likeness (QED) is 0.937. The van der Waals surface area contributed by atoms with Gasteiger partial charge in [-0.3, -0.25) is 4.79 Å². The Morgan fingerprint density at radius 1 is 1.00 bits per heavy atom. The highest BCUT2D eigenvalue weighted by Crippen LogP contribution is 2.32. The molecule has 1 N–H and O–H groups in total. The standard InChI is InChI=1S/C18H20N2O/c1-20-12-16(14-8-4-2-5-9-14)17(13-20)18(21)19-15-10-6-3-7-11-15/h2-11,16-17H,12-13H2,1H3,(H,19,21)/t16-,17-/m1/s1. The third kappa shape index (κ3) is 3.14. The molecule has 0 saturated carbocycles. The summed E-state index contributed by atoms with van der Waals surface area (Å²) in [7, 11) is 2.08. The largest absolute Gasteiger partial charge is 0.326 e. The molecule has 0 aliphatic carbocycles. The van der Waals surface area contributed by atoms with Gasteiger partial charge in [0.2, 0.25) is 5.91 Å². The minimum atomic E-state index is -0.00222. The van der Waals surface area contributed by atoms with Crippen LogP contribution in [0.4, 0.5) is 5.69 Å². The van der Waals surface area contributed by atoms with Crippen LogP contribution in [0.5, 0.6) is 0 Å². The first-order chi connectivity index (χ1) is 10.2. The Morgan fingerprint density at radius 3 is 2.29 bits per heavy atom. The second-order valence-corrected chi connectivity index (χ2v) is 5.70. The second-order valence-electron chi connectivity index (χ2n) is 5.70. The minimum absolute atomic E-state index is 0.00222. The molecule has 0 unspecified atom stereocenters. The van der Waals surface area contributed by atoms with Gasteiger partial charge in [0, 0.05) is 24.7 Å². The van der Waals surface area contributed by atoms with E-state index in [4.69, 9.17) is 0 Å². The molecule has 3 nitrogen and oxygen atoms in total. The van der Waals surface area contributed by atoms with Gasteiger partial charge >= 0.3 is 0 Å². The Balaban J connectivity index is 1.77. The highest BCUT2D eigenvalue weighted by molar-refractivity contribution is 5.93. The maximum Gasteiger partial charge on any atom is 0.229 e. The topological polar surface area (TPSA) is 32.3 Å². The average Bonchev–Trinajstić information content (AvgIpc) is 2.91. The number of hydrogen-bond donors (Lipinski definition) is 1. The number of para-hydroxylation sites is 1. The predicted molar refractivity (Wildman–Crippen MR) is 85.2 cm³/mol. The summed E-state index contributed by atoms with van der Waals surface area (Å²) in [4.78, 5) is 14.8. The molecule has 0 spiro atoms. The number of benzene rings is 2. The van der Waals surface area contributed by atoms with Crippen LogP contribution in [0.15, 0.2) is 60.7 Å². The van der Waals surface area contributed by atoms with Crippen molar-refractivity contribution in [2.75, 3.05) is 25.5 Å². The lowest BCUT2D eigenvalue weighted by Crippen LogP contribution is -2.28. The number of rotatable bonds is 3. The molecule has 3 rings (SSSR count). The number of amides is 1. The first-order valence-corrected chi connectivity index (χ1v) is 7.33. The third-order valence-corrected chi connectivity index (χ3v) is 4.11. The number of nitrogens with one attached hydrogen (secondary N) is 1. The van der Waals surface area contributed by atoms with Crippen LogP contribution in [-0.2, 0) is 4.79 Å². The molecular formula is C18H20N2O. The molecule has 1 aliphatic rings. The van der Waals surface area contributed by atoms with E-state index < -0.39 is 0 Å². The van der Waals surface area contributed by atoms with Crippen molar-refractivity contribution in [3.63, 3.8) is 0 Å².